The largest absolute Gasteiger partial charge is 0.317 e. The highest BCUT2D eigenvalue weighted by Gasteiger charge is 2.17. The summed E-state index contributed by atoms with van der Waals surface area (Å²) in [6.07, 6.45) is 3.41. The molecule has 0 unspecified atom stereocenters. The van der Waals surface area contributed by atoms with Gasteiger partial charge in [-0.05, 0) is 37.6 Å². The van der Waals surface area contributed by atoms with Crippen molar-refractivity contribution in [2.75, 3.05) is 5.32 Å². The number of rotatable bonds is 4. The van der Waals surface area contributed by atoms with E-state index in [1.54, 1.807) is 29.0 Å². The molecule has 3 aromatic heterocycles. The molecule has 7 nitrogen and oxygen atoms in total. The van der Waals surface area contributed by atoms with E-state index in [1.807, 2.05) is 42.8 Å². The third-order valence-corrected chi connectivity index (χ3v) is 4.55. The molecule has 0 saturated carbocycles. The van der Waals surface area contributed by atoms with Crippen molar-refractivity contribution in [3.05, 3.63) is 76.5 Å². The Morgan fingerprint density at radius 2 is 2.04 bits per heavy atom. The molecule has 4 rings (SSSR count). The molecule has 0 aliphatic carbocycles. The van der Waals surface area contributed by atoms with E-state index >= 15 is 0 Å². The maximum absolute atomic E-state index is 12.6. The molecule has 3 heterocycles. The molecule has 0 radical (unpaired) electrons. The SMILES string of the molecule is Cc1nn(Cc2cccc(Cl)c2)c(C)c1NC(=O)c1cc2ncccn2n1. The van der Waals surface area contributed by atoms with Gasteiger partial charge in [-0.15, -0.1) is 0 Å². The van der Waals surface area contributed by atoms with Gasteiger partial charge >= 0.3 is 0 Å². The lowest BCUT2D eigenvalue weighted by Crippen LogP contribution is -2.14. The van der Waals surface area contributed by atoms with Crippen molar-refractivity contribution in [3.8, 4) is 0 Å². The summed E-state index contributed by atoms with van der Waals surface area (Å²) in [5.74, 6) is -0.297. The van der Waals surface area contributed by atoms with Crippen LogP contribution in [0.3, 0.4) is 0 Å². The Kier molecular flexibility index (Phi) is 4.37. The Balaban J connectivity index is 1.58. The zero-order valence-electron chi connectivity index (χ0n) is 14.8. The number of fused-ring (bicyclic) bond motifs is 1. The van der Waals surface area contributed by atoms with Crippen LogP contribution in [-0.4, -0.2) is 30.3 Å². The zero-order valence-corrected chi connectivity index (χ0v) is 15.6. The second kappa shape index (κ2) is 6.85. The maximum atomic E-state index is 12.6. The van der Waals surface area contributed by atoms with Crippen molar-refractivity contribution in [1.29, 1.82) is 0 Å². The van der Waals surface area contributed by atoms with Crippen LogP contribution in [0.15, 0.2) is 48.8 Å². The first-order valence-corrected chi connectivity index (χ1v) is 8.79. The van der Waals surface area contributed by atoms with Crippen LogP contribution in [-0.2, 0) is 6.54 Å². The maximum Gasteiger partial charge on any atom is 0.276 e. The van der Waals surface area contributed by atoms with Gasteiger partial charge in [0.2, 0.25) is 0 Å². The van der Waals surface area contributed by atoms with E-state index in [1.165, 1.54) is 0 Å². The summed E-state index contributed by atoms with van der Waals surface area (Å²) >= 11 is 6.06. The minimum absolute atomic E-state index is 0.297. The Labute approximate surface area is 160 Å². The number of carbonyl (C=O) groups excluding carboxylic acids is 1. The van der Waals surface area contributed by atoms with Gasteiger partial charge in [0.05, 0.1) is 23.6 Å². The first-order chi connectivity index (χ1) is 13.0. The lowest BCUT2D eigenvalue weighted by Gasteiger charge is -2.07. The lowest BCUT2D eigenvalue weighted by molar-refractivity contribution is 0.102. The van der Waals surface area contributed by atoms with E-state index in [2.05, 4.69) is 20.5 Å². The first kappa shape index (κ1) is 17.2. The summed E-state index contributed by atoms with van der Waals surface area (Å²) in [6, 6.07) is 11.0. The molecule has 0 aliphatic rings. The molecule has 136 valence electrons. The Morgan fingerprint density at radius 1 is 1.19 bits per heavy atom. The Bertz CT molecular complexity index is 1110. The smallest absolute Gasteiger partial charge is 0.276 e. The quantitative estimate of drug-likeness (QED) is 0.587. The molecule has 0 bridgehead atoms. The molecule has 0 aliphatic heterocycles. The average molecular weight is 381 g/mol. The number of hydrogen-bond donors (Lipinski definition) is 1. The third-order valence-electron chi connectivity index (χ3n) is 4.31. The fourth-order valence-corrected chi connectivity index (χ4v) is 3.17. The normalized spacial score (nSPS) is 11.1. The van der Waals surface area contributed by atoms with Crippen LogP contribution < -0.4 is 5.32 Å². The van der Waals surface area contributed by atoms with Gasteiger partial charge in [-0.2, -0.15) is 10.2 Å². The average Bonchev–Trinajstić information content (AvgIpc) is 3.19. The molecule has 8 heteroatoms. The van der Waals surface area contributed by atoms with Crippen LogP contribution in [0.4, 0.5) is 5.69 Å². The fourth-order valence-electron chi connectivity index (χ4n) is 2.96. The van der Waals surface area contributed by atoms with Crippen LogP contribution in [0, 0.1) is 13.8 Å². The van der Waals surface area contributed by atoms with Crippen LogP contribution in [0.2, 0.25) is 5.02 Å². The number of aromatic nitrogens is 5. The van der Waals surface area contributed by atoms with E-state index in [0.717, 1.165) is 17.0 Å². The van der Waals surface area contributed by atoms with Gasteiger partial charge in [-0.25, -0.2) is 9.50 Å². The molecule has 0 saturated heterocycles. The minimum atomic E-state index is -0.297. The van der Waals surface area contributed by atoms with Crippen molar-refractivity contribution in [1.82, 2.24) is 24.4 Å². The second-order valence-corrected chi connectivity index (χ2v) is 6.68. The summed E-state index contributed by atoms with van der Waals surface area (Å²) in [6.45, 7) is 4.36. The molecule has 1 N–H and O–H groups in total. The summed E-state index contributed by atoms with van der Waals surface area (Å²) < 4.78 is 3.42. The summed E-state index contributed by atoms with van der Waals surface area (Å²) in [7, 11) is 0. The summed E-state index contributed by atoms with van der Waals surface area (Å²) in [5.41, 5.74) is 4.25. The minimum Gasteiger partial charge on any atom is -0.317 e. The first-order valence-electron chi connectivity index (χ1n) is 8.41. The van der Waals surface area contributed by atoms with E-state index in [0.29, 0.717) is 28.6 Å². The molecule has 0 spiro atoms. The van der Waals surface area contributed by atoms with E-state index < -0.39 is 0 Å². The zero-order chi connectivity index (χ0) is 19.0. The van der Waals surface area contributed by atoms with E-state index in [-0.39, 0.29) is 5.91 Å². The van der Waals surface area contributed by atoms with Gasteiger partial charge in [0, 0.05) is 23.5 Å². The topological polar surface area (TPSA) is 77.1 Å². The van der Waals surface area contributed by atoms with Gasteiger partial charge in [-0.1, -0.05) is 23.7 Å². The Hall–Kier alpha value is -3.19. The lowest BCUT2D eigenvalue weighted by atomic mass is 10.2. The molecular formula is C19H17ClN6O. The number of nitrogens with one attached hydrogen (secondary N) is 1. The number of aryl methyl sites for hydroxylation is 1. The molecule has 1 amide bonds. The van der Waals surface area contributed by atoms with Gasteiger partial charge in [0.25, 0.3) is 5.91 Å². The standard InChI is InChI=1S/C19H17ClN6O/c1-12-18(13(2)26(23-12)11-14-5-3-6-15(20)9-14)22-19(27)16-10-17-21-7-4-8-25(17)24-16/h3-10H,11H2,1-2H3,(H,22,27). The fraction of sp³-hybridized carbons (Fsp3) is 0.158. The predicted molar refractivity (Wildman–Crippen MR) is 103 cm³/mol. The van der Waals surface area contributed by atoms with Crippen LogP contribution in [0.5, 0.6) is 0 Å². The Morgan fingerprint density at radius 3 is 2.81 bits per heavy atom. The number of anilines is 1. The molecule has 0 fully saturated rings. The van der Waals surface area contributed by atoms with Crippen LogP contribution in [0.1, 0.15) is 27.4 Å². The number of benzene rings is 1. The van der Waals surface area contributed by atoms with Crippen LogP contribution in [0.25, 0.3) is 5.65 Å². The highest BCUT2D eigenvalue weighted by atomic mass is 35.5. The number of carbonyl (C=O) groups is 1. The second-order valence-electron chi connectivity index (χ2n) is 6.24. The predicted octanol–water partition coefficient (Wildman–Crippen LogP) is 3.50. The summed E-state index contributed by atoms with van der Waals surface area (Å²) in [4.78, 5) is 16.8. The van der Waals surface area contributed by atoms with Crippen molar-refractivity contribution < 1.29 is 4.79 Å². The van der Waals surface area contributed by atoms with Crippen LogP contribution >= 0.6 is 11.6 Å². The van der Waals surface area contributed by atoms with Gasteiger partial charge < -0.3 is 5.32 Å². The molecule has 1 aromatic carbocycles. The number of nitrogens with zero attached hydrogens (tertiary/aromatic N) is 5. The number of amides is 1. The molecule has 27 heavy (non-hydrogen) atoms. The van der Waals surface area contributed by atoms with E-state index in [4.69, 9.17) is 11.6 Å². The van der Waals surface area contributed by atoms with Crippen molar-refractivity contribution >= 4 is 28.8 Å². The van der Waals surface area contributed by atoms with Gasteiger partial charge in [0.1, 0.15) is 0 Å². The highest BCUT2D eigenvalue weighted by molar-refractivity contribution is 6.30. The van der Waals surface area contributed by atoms with Gasteiger partial charge in [0.15, 0.2) is 11.3 Å². The van der Waals surface area contributed by atoms with Crippen molar-refractivity contribution in [2.24, 2.45) is 0 Å². The number of halogens is 1. The summed E-state index contributed by atoms with van der Waals surface area (Å²) in [5, 5.41) is 12.4. The molecule has 4 aromatic rings. The van der Waals surface area contributed by atoms with Gasteiger partial charge in [-0.3, -0.25) is 9.48 Å². The molecular weight excluding hydrogens is 364 g/mol. The third kappa shape index (κ3) is 3.41. The van der Waals surface area contributed by atoms with Crippen molar-refractivity contribution in [3.63, 3.8) is 0 Å². The number of hydrogen-bond acceptors (Lipinski definition) is 4. The van der Waals surface area contributed by atoms with Crippen molar-refractivity contribution in [2.45, 2.75) is 20.4 Å². The monoisotopic (exact) mass is 380 g/mol. The highest BCUT2D eigenvalue weighted by Crippen LogP contribution is 2.22. The van der Waals surface area contributed by atoms with E-state index in [9.17, 15) is 4.79 Å². The molecule has 0 atom stereocenters.